The van der Waals surface area contributed by atoms with Gasteiger partial charge in [0.1, 0.15) is 11.9 Å². The summed E-state index contributed by atoms with van der Waals surface area (Å²) in [6.07, 6.45) is 1.57. The topological polar surface area (TPSA) is 38.8 Å². The number of para-hydroxylation sites is 1. The smallest absolute Gasteiger partial charge is 0.270 e. The molecule has 1 amide bonds. The zero-order valence-electron chi connectivity index (χ0n) is 18.2. The molecule has 0 saturated carbocycles. The van der Waals surface area contributed by atoms with Gasteiger partial charge in [-0.3, -0.25) is 9.69 Å². The van der Waals surface area contributed by atoms with Gasteiger partial charge in [-0.05, 0) is 55.3 Å². The number of thiocarbonyl (C=S) groups is 1. The fourth-order valence-corrected chi connectivity index (χ4v) is 4.71. The van der Waals surface area contributed by atoms with Gasteiger partial charge in [0.2, 0.25) is 0 Å². The standard InChI is InChI=1S/C26H22FNO3S2/c1-3-30-23-15-18(13-14-22(23)31-17(2)19-9-5-4-6-10-19)16-24-25(29)28(26(32)33-24)21-12-8-7-11-20(21)27/h4-17H,3H2,1-2H3. The minimum absolute atomic E-state index is 0.150. The summed E-state index contributed by atoms with van der Waals surface area (Å²) in [6.45, 7) is 4.35. The molecule has 1 saturated heterocycles. The maximum atomic E-state index is 14.2. The maximum Gasteiger partial charge on any atom is 0.270 e. The molecule has 3 aromatic rings. The van der Waals surface area contributed by atoms with Gasteiger partial charge in [0, 0.05) is 0 Å². The van der Waals surface area contributed by atoms with Crippen molar-refractivity contribution in [3.63, 3.8) is 0 Å². The normalized spacial score (nSPS) is 15.7. The van der Waals surface area contributed by atoms with Crippen LogP contribution in [0.25, 0.3) is 6.08 Å². The summed E-state index contributed by atoms with van der Waals surface area (Å²) < 4.78 is 26.5. The van der Waals surface area contributed by atoms with Gasteiger partial charge in [-0.15, -0.1) is 0 Å². The van der Waals surface area contributed by atoms with Crippen LogP contribution < -0.4 is 14.4 Å². The number of rotatable bonds is 7. The third kappa shape index (κ3) is 5.10. The van der Waals surface area contributed by atoms with Crippen molar-refractivity contribution in [3.8, 4) is 11.5 Å². The molecule has 7 heteroatoms. The van der Waals surface area contributed by atoms with E-state index >= 15 is 0 Å². The zero-order chi connectivity index (χ0) is 23.4. The number of anilines is 1. The molecule has 3 aromatic carbocycles. The molecule has 1 fully saturated rings. The summed E-state index contributed by atoms with van der Waals surface area (Å²) in [5.41, 5.74) is 1.96. The number of carbonyl (C=O) groups excluding carboxylic acids is 1. The van der Waals surface area contributed by atoms with Gasteiger partial charge in [-0.1, -0.05) is 72.5 Å². The van der Waals surface area contributed by atoms with Crippen molar-refractivity contribution in [1.29, 1.82) is 0 Å². The molecule has 4 rings (SSSR count). The van der Waals surface area contributed by atoms with Gasteiger partial charge in [-0.25, -0.2) is 4.39 Å². The molecule has 33 heavy (non-hydrogen) atoms. The van der Waals surface area contributed by atoms with Crippen LogP contribution in [0.2, 0.25) is 0 Å². The third-order valence-electron chi connectivity index (χ3n) is 5.03. The molecule has 1 atom stereocenters. The second-order valence-corrected chi connectivity index (χ2v) is 8.95. The zero-order valence-corrected chi connectivity index (χ0v) is 19.8. The first-order valence-electron chi connectivity index (χ1n) is 10.5. The fraction of sp³-hybridized carbons (Fsp3) is 0.154. The van der Waals surface area contributed by atoms with Crippen LogP contribution in [0.15, 0.2) is 77.7 Å². The SMILES string of the molecule is CCOc1cc(C=C2SC(=S)N(c3ccccc3F)C2=O)ccc1OC(C)c1ccccc1. The van der Waals surface area contributed by atoms with Crippen LogP contribution in [-0.2, 0) is 4.79 Å². The number of hydrogen-bond donors (Lipinski definition) is 0. The average molecular weight is 480 g/mol. The second kappa shape index (κ2) is 10.2. The van der Waals surface area contributed by atoms with Crippen molar-refractivity contribution in [2.45, 2.75) is 20.0 Å². The van der Waals surface area contributed by atoms with Crippen molar-refractivity contribution < 1.29 is 18.7 Å². The van der Waals surface area contributed by atoms with Crippen molar-refractivity contribution in [2.24, 2.45) is 0 Å². The lowest BCUT2D eigenvalue weighted by molar-refractivity contribution is -0.113. The Morgan fingerprint density at radius 2 is 1.79 bits per heavy atom. The number of nitrogens with zero attached hydrogens (tertiary/aromatic N) is 1. The summed E-state index contributed by atoms with van der Waals surface area (Å²) in [7, 11) is 0. The minimum atomic E-state index is -0.497. The Bertz CT molecular complexity index is 1210. The lowest BCUT2D eigenvalue weighted by Gasteiger charge is -2.18. The van der Waals surface area contributed by atoms with Crippen LogP contribution in [0.3, 0.4) is 0 Å². The van der Waals surface area contributed by atoms with Crippen LogP contribution in [0, 0.1) is 5.82 Å². The average Bonchev–Trinajstić information content (AvgIpc) is 3.09. The van der Waals surface area contributed by atoms with E-state index in [1.807, 2.05) is 62.4 Å². The highest BCUT2D eigenvalue weighted by Crippen LogP contribution is 2.38. The van der Waals surface area contributed by atoms with Gasteiger partial charge in [0.05, 0.1) is 17.2 Å². The van der Waals surface area contributed by atoms with E-state index in [2.05, 4.69) is 0 Å². The first-order chi connectivity index (χ1) is 16.0. The number of hydrogen-bond acceptors (Lipinski definition) is 5. The van der Waals surface area contributed by atoms with Crippen LogP contribution in [0.1, 0.15) is 31.1 Å². The van der Waals surface area contributed by atoms with E-state index in [4.69, 9.17) is 21.7 Å². The van der Waals surface area contributed by atoms with E-state index in [-0.39, 0.29) is 22.0 Å². The summed E-state index contributed by atoms with van der Waals surface area (Å²) >= 11 is 6.49. The molecule has 0 bridgehead atoms. The number of thioether (sulfide) groups is 1. The van der Waals surface area contributed by atoms with E-state index in [0.29, 0.717) is 23.0 Å². The first-order valence-corrected chi connectivity index (χ1v) is 11.7. The Balaban J connectivity index is 1.59. The number of amides is 1. The van der Waals surface area contributed by atoms with Crippen molar-refractivity contribution in [1.82, 2.24) is 0 Å². The van der Waals surface area contributed by atoms with Crippen LogP contribution in [-0.4, -0.2) is 16.8 Å². The van der Waals surface area contributed by atoms with Crippen LogP contribution in [0.4, 0.5) is 10.1 Å². The molecular formula is C26H22FNO3S2. The lowest BCUT2D eigenvalue weighted by atomic mass is 10.1. The molecule has 168 valence electrons. The van der Waals surface area contributed by atoms with Gasteiger partial charge in [-0.2, -0.15) is 0 Å². The molecule has 0 N–H and O–H groups in total. The predicted molar refractivity (Wildman–Crippen MR) is 135 cm³/mol. The van der Waals surface area contributed by atoms with Gasteiger partial charge in [0.15, 0.2) is 15.8 Å². The van der Waals surface area contributed by atoms with Gasteiger partial charge < -0.3 is 9.47 Å². The molecule has 4 nitrogen and oxygen atoms in total. The molecule has 1 aliphatic heterocycles. The lowest BCUT2D eigenvalue weighted by Crippen LogP contribution is -2.28. The molecule has 1 aliphatic rings. The highest BCUT2D eigenvalue weighted by Gasteiger charge is 2.34. The number of carbonyl (C=O) groups is 1. The Morgan fingerprint density at radius 1 is 1.06 bits per heavy atom. The molecule has 0 spiro atoms. The molecule has 1 unspecified atom stereocenters. The number of halogens is 1. The van der Waals surface area contributed by atoms with E-state index in [1.54, 1.807) is 18.2 Å². The first kappa shape index (κ1) is 23.0. The van der Waals surface area contributed by atoms with Crippen molar-refractivity contribution in [3.05, 3.63) is 94.6 Å². The fourth-order valence-electron chi connectivity index (χ4n) is 3.42. The summed E-state index contributed by atoms with van der Waals surface area (Å²) in [5.74, 6) is 0.344. The molecule has 0 radical (unpaired) electrons. The van der Waals surface area contributed by atoms with Crippen LogP contribution in [0.5, 0.6) is 11.5 Å². The maximum absolute atomic E-state index is 14.2. The Hall–Kier alpha value is -3.16. The summed E-state index contributed by atoms with van der Waals surface area (Å²) in [4.78, 5) is 14.6. The largest absolute Gasteiger partial charge is 0.490 e. The van der Waals surface area contributed by atoms with E-state index in [0.717, 1.165) is 22.9 Å². The Kier molecular flexibility index (Phi) is 7.11. The quantitative estimate of drug-likeness (QED) is 0.276. The van der Waals surface area contributed by atoms with E-state index < -0.39 is 5.82 Å². The van der Waals surface area contributed by atoms with Crippen LogP contribution >= 0.6 is 24.0 Å². The summed E-state index contributed by atoms with van der Waals surface area (Å²) in [5, 5.41) is 0. The predicted octanol–water partition coefficient (Wildman–Crippen LogP) is 6.77. The Labute approximate surface area is 202 Å². The van der Waals surface area contributed by atoms with Crippen molar-refractivity contribution >= 4 is 46.0 Å². The van der Waals surface area contributed by atoms with Crippen molar-refractivity contribution in [2.75, 3.05) is 11.5 Å². The number of ether oxygens (including phenoxy) is 2. The van der Waals surface area contributed by atoms with E-state index in [9.17, 15) is 9.18 Å². The van der Waals surface area contributed by atoms with Gasteiger partial charge in [0.25, 0.3) is 5.91 Å². The molecular weight excluding hydrogens is 457 g/mol. The molecule has 0 aromatic heterocycles. The van der Waals surface area contributed by atoms with E-state index in [1.165, 1.54) is 17.0 Å². The molecule has 0 aliphatic carbocycles. The monoisotopic (exact) mass is 479 g/mol. The highest BCUT2D eigenvalue weighted by atomic mass is 32.2. The van der Waals surface area contributed by atoms with Gasteiger partial charge >= 0.3 is 0 Å². The number of benzene rings is 3. The highest BCUT2D eigenvalue weighted by molar-refractivity contribution is 8.27. The summed E-state index contributed by atoms with van der Waals surface area (Å²) in [6, 6.07) is 21.5. The minimum Gasteiger partial charge on any atom is -0.490 e. The Morgan fingerprint density at radius 3 is 2.52 bits per heavy atom. The third-order valence-corrected chi connectivity index (χ3v) is 6.33. The second-order valence-electron chi connectivity index (χ2n) is 7.28. The molecule has 1 heterocycles.